The van der Waals surface area contributed by atoms with E-state index in [0.29, 0.717) is 17.2 Å². The summed E-state index contributed by atoms with van der Waals surface area (Å²) in [6, 6.07) is 3.49. The van der Waals surface area contributed by atoms with Crippen LogP contribution in [0.2, 0.25) is 0 Å². The van der Waals surface area contributed by atoms with Gasteiger partial charge in [-0.25, -0.2) is 0 Å². The maximum absolute atomic E-state index is 8.65. The molecule has 3 N–H and O–H groups in total. The molecule has 4 heteroatoms. The lowest BCUT2D eigenvalue weighted by atomic mass is 10.2. The number of methoxy groups -OCH3 is 1. The van der Waals surface area contributed by atoms with Gasteiger partial charge >= 0.3 is 0 Å². The average molecular weight is 197 g/mol. The second-order valence-corrected chi connectivity index (χ2v) is 2.94. The molecule has 14 heavy (non-hydrogen) atoms. The van der Waals surface area contributed by atoms with Gasteiger partial charge in [-0.3, -0.25) is 0 Å². The largest absolute Gasteiger partial charge is 0.493 e. The molecular weight excluding hydrogens is 182 g/mol. The number of ether oxygens (including phenoxy) is 2. The molecule has 78 valence electrons. The lowest BCUT2D eigenvalue weighted by Crippen LogP contribution is -2.05. The zero-order valence-corrected chi connectivity index (χ0v) is 8.41. The molecule has 0 amide bonds. The Hall–Kier alpha value is -1.42. The lowest BCUT2D eigenvalue weighted by Gasteiger charge is -2.13. The summed E-state index contributed by atoms with van der Waals surface area (Å²) in [7, 11) is 1.56. The summed E-state index contributed by atoms with van der Waals surface area (Å²) in [5, 5.41) is 8.65. The molecule has 0 aliphatic heterocycles. The van der Waals surface area contributed by atoms with Crippen LogP contribution in [0.15, 0.2) is 12.1 Å². The van der Waals surface area contributed by atoms with Crippen LogP contribution in [0, 0.1) is 6.92 Å². The second kappa shape index (κ2) is 4.72. The molecule has 0 heterocycles. The van der Waals surface area contributed by atoms with Crippen molar-refractivity contribution in [2.45, 2.75) is 6.92 Å². The van der Waals surface area contributed by atoms with Gasteiger partial charge in [0.25, 0.3) is 0 Å². The van der Waals surface area contributed by atoms with Crippen molar-refractivity contribution in [1.82, 2.24) is 0 Å². The van der Waals surface area contributed by atoms with Gasteiger partial charge in [0, 0.05) is 11.8 Å². The molecule has 0 spiro atoms. The van der Waals surface area contributed by atoms with Crippen LogP contribution < -0.4 is 15.2 Å². The predicted molar refractivity (Wildman–Crippen MR) is 54.7 cm³/mol. The van der Waals surface area contributed by atoms with Crippen molar-refractivity contribution in [2.24, 2.45) is 0 Å². The third kappa shape index (κ3) is 2.29. The van der Waals surface area contributed by atoms with Crippen LogP contribution in [0.4, 0.5) is 5.69 Å². The minimum absolute atomic E-state index is 0.0209. The Morgan fingerprint density at radius 3 is 2.71 bits per heavy atom. The number of aryl methyl sites for hydroxylation is 1. The molecule has 0 aliphatic carbocycles. The molecule has 0 radical (unpaired) electrons. The standard InChI is InChI=1S/C10H15NO3/c1-7-5-8(11)6-9(13-2)10(7)14-4-3-12/h5-6,12H,3-4,11H2,1-2H3. The van der Waals surface area contributed by atoms with E-state index < -0.39 is 0 Å². The third-order valence-electron chi connectivity index (χ3n) is 1.82. The molecule has 4 nitrogen and oxygen atoms in total. The van der Waals surface area contributed by atoms with E-state index >= 15 is 0 Å². The number of hydrogen-bond donors (Lipinski definition) is 2. The smallest absolute Gasteiger partial charge is 0.164 e. The zero-order chi connectivity index (χ0) is 10.6. The number of hydrogen-bond acceptors (Lipinski definition) is 4. The fourth-order valence-electron chi connectivity index (χ4n) is 1.25. The van der Waals surface area contributed by atoms with Gasteiger partial charge in [-0.1, -0.05) is 0 Å². The number of aliphatic hydroxyl groups is 1. The first-order valence-electron chi connectivity index (χ1n) is 4.36. The molecule has 0 fully saturated rings. The Bertz CT molecular complexity index is 312. The number of anilines is 1. The van der Waals surface area contributed by atoms with Crippen LogP contribution in [0.5, 0.6) is 11.5 Å². The minimum atomic E-state index is -0.0209. The molecule has 0 bridgehead atoms. The Labute approximate surface area is 83.3 Å². The van der Waals surface area contributed by atoms with Crippen LogP contribution in [0.3, 0.4) is 0 Å². The topological polar surface area (TPSA) is 64.7 Å². The van der Waals surface area contributed by atoms with Gasteiger partial charge in [-0.15, -0.1) is 0 Å². The van der Waals surface area contributed by atoms with Gasteiger partial charge in [0.05, 0.1) is 13.7 Å². The fourth-order valence-corrected chi connectivity index (χ4v) is 1.25. The first-order valence-corrected chi connectivity index (χ1v) is 4.36. The monoisotopic (exact) mass is 197 g/mol. The van der Waals surface area contributed by atoms with Crippen molar-refractivity contribution in [3.8, 4) is 11.5 Å². The summed E-state index contributed by atoms with van der Waals surface area (Å²) < 4.78 is 10.4. The summed E-state index contributed by atoms with van der Waals surface area (Å²) in [5.74, 6) is 1.23. The van der Waals surface area contributed by atoms with Crippen LogP contribution in [-0.2, 0) is 0 Å². The molecule has 1 rings (SSSR count). The highest BCUT2D eigenvalue weighted by Gasteiger charge is 2.08. The number of benzene rings is 1. The Balaban J connectivity index is 2.99. The van der Waals surface area contributed by atoms with Gasteiger partial charge in [0.1, 0.15) is 6.61 Å². The van der Waals surface area contributed by atoms with Crippen molar-refractivity contribution in [3.05, 3.63) is 17.7 Å². The van der Waals surface area contributed by atoms with Gasteiger partial charge in [0.2, 0.25) is 0 Å². The maximum Gasteiger partial charge on any atom is 0.164 e. The molecule has 0 saturated carbocycles. The summed E-state index contributed by atoms with van der Waals surface area (Å²) in [6.45, 7) is 2.11. The number of rotatable bonds is 4. The van der Waals surface area contributed by atoms with E-state index in [1.54, 1.807) is 19.2 Å². The number of nitrogens with two attached hydrogens (primary N) is 1. The van der Waals surface area contributed by atoms with E-state index in [2.05, 4.69) is 0 Å². The molecule has 1 aromatic carbocycles. The van der Waals surface area contributed by atoms with Crippen LogP contribution in [0.1, 0.15) is 5.56 Å². The van der Waals surface area contributed by atoms with Crippen LogP contribution in [0.25, 0.3) is 0 Å². The Kier molecular flexibility index (Phi) is 3.59. The molecule has 0 saturated heterocycles. The van der Waals surface area contributed by atoms with E-state index in [0.717, 1.165) is 5.56 Å². The average Bonchev–Trinajstić information content (AvgIpc) is 2.15. The first kappa shape index (κ1) is 10.7. The van der Waals surface area contributed by atoms with Crippen LogP contribution in [-0.4, -0.2) is 25.4 Å². The van der Waals surface area contributed by atoms with Crippen molar-refractivity contribution in [2.75, 3.05) is 26.1 Å². The van der Waals surface area contributed by atoms with E-state index in [-0.39, 0.29) is 13.2 Å². The molecule has 0 aromatic heterocycles. The maximum atomic E-state index is 8.65. The number of nitrogen functional groups attached to an aromatic ring is 1. The van der Waals surface area contributed by atoms with Crippen molar-refractivity contribution in [1.29, 1.82) is 0 Å². The fraction of sp³-hybridized carbons (Fsp3) is 0.400. The van der Waals surface area contributed by atoms with Gasteiger partial charge in [0.15, 0.2) is 11.5 Å². The van der Waals surface area contributed by atoms with Crippen molar-refractivity contribution >= 4 is 5.69 Å². The Morgan fingerprint density at radius 2 is 2.14 bits per heavy atom. The summed E-state index contributed by atoms with van der Waals surface area (Å²) >= 11 is 0. The summed E-state index contributed by atoms with van der Waals surface area (Å²) in [5.41, 5.74) is 7.18. The normalized spacial score (nSPS) is 9.93. The minimum Gasteiger partial charge on any atom is -0.493 e. The van der Waals surface area contributed by atoms with Gasteiger partial charge < -0.3 is 20.3 Å². The van der Waals surface area contributed by atoms with Gasteiger partial charge in [-0.05, 0) is 18.6 Å². The molecule has 0 atom stereocenters. The highest BCUT2D eigenvalue weighted by Crippen LogP contribution is 2.33. The zero-order valence-electron chi connectivity index (χ0n) is 8.41. The first-order chi connectivity index (χ1) is 6.69. The summed E-state index contributed by atoms with van der Waals surface area (Å²) in [4.78, 5) is 0. The van der Waals surface area contributed by atoms with E-state index in [4.69, 9.17) is 20.3 Å². The van der Waals surface area contributed by atoms with E-state index in [9.17, 15) is 0 Å². The highest BCUT2D eigenvalue weighted by atomic mass is 16.5. The van der Waals surface area contributed by atoms with Crippen LogP contribution >= 0.6 is 0 Å². The quantitative estimate of drug-likeness (QED) is 0.705. The molecule has 0 unspecified atom stereocenters. The SMILES string of the molecule is COc1cc(N)cc(C)c1OCCO. The van der Waals surface area contributed by atoms with Gasteiger partial charge in [-0.2, -0.15) is 0 Å². The third-order valence-corrected chi connectivity index (χ3v) is 1.82. The van der Waals surface area contributed by atoms with Crippen molar-refractivity contribution < 1.29 is 14.6 Å². The van der Waals surface area contributed by atoms with Crippen molar-refractivity contribution in [3.63, 3.8) is 0 Å². The Morgan fingerprint density at radius 1 is 1.43 bits per heavy atom. The molecular formula is C10H15NO3. The summed E-state index contributed by atoms with van der Waals surface area (Å²) in [6.07, 6.45) is 0. The van der Waals surface area contributed by atoms with E-state index in [1.807, 2.05) is 6.92 Å². The molecule has 0 aliphatic rings. The number of aliphatic hydroxyl groups excluding tert-OH is 1. The molecule has 1 aromatic rings. The lowest BCUT2D eigenvalue weighted by molar-refractivity contribution is 0.196. The van der Waals surface area contributed by atoms with E-state index in [1.165, 1.54) is 0 Å². The predicted octanol–water partition coefficient (Wildman–Crippen LogP) is 0.957. The second-order valence-electron chi connectivity index (χ2n) is 2.94. The highest BCUT2D eigenvalue weighted by molar-refractivity contribution is 5.56.